The van der Waals surface area contributed by atoms with Crippen LogP contribution in [-0.4, -0.2) is 128 Å². The summed E-state index contributed by atoms with van der Waals surface area (Å²) in [6.07, 6.45) is 2.18. The monoisotopic (exact) mass is 845 g/mol. The fourth-order valence-corrected chi connectivity index (χ4v) is 8.00. The van der Waals surface area contributed by atoms with E-state index in [1.165, 1.54) is 0 Å². The van der Waals surface area contributed by atoms with Crippen LogP contribution in [0.25, 0.3) is 0 Å². The molecule has 0 aromatic heterocycles. The molecule has 0 saturated carbocycles. The summed E-state index contributed by atoms with van der Waals surface area (Å²) in [5, 5.41) is 10.9. The molecule has 14 heteroatoms. The molecule has 5 atom stereocenters. The van der Waals surface area contributed by atoms with E-state index >= 15 is 0 Å². The van der Waals surface area contributed by atoms with E-state index in [9.17, 15) is 24.0 Å². The molecule has 61 heavy (non-hydrogen) atoms. The number of Topliss-reactive ketones (excluding diaryl/α,β-unsaturated/α-hetero) is 2. The van der Waals surface area contributed by atoms with E-state index in [4.69, 9.17) is 14.2 Å². The Kier molecular flexibility index (Phi) is 18.4. The highest BCUT2D eigenvalue weighted by atomic mass is 16.6. The molecule has 2 aromatic rings. The molecule has 3 fully saturated rings. The van der Waals surface area contributed by atoms with Gasteiger partial charge in [-0.1, -0.05) is 88.4 Å². The second-order valence-electron chi connectivity index (χ2n) is 17.8. The summed E-state index contributed by atoms with van der Waals surface area (Å²) < 4.78 is 16.7. The number of hydrogen-bond acceptors (Lipinski definition) is 10. The number of aryl methyl sites for hydroxylation is 1. The molecule has 14 nitrogen and oxygen atoms in total. The van der Waals surface area contributed by atoms with Crippen molar-refractivity contribution in [3.05, 3.63) is 71.8 Å². The van der Waals surface area contributed by atoms with Crippen molar-refractivity contribution in [1.29, 1.82) is 0 Å². The van der Waals surface area contributed by atoms with Gasteiger partial charge in [0.25, 0.3) is 0 Å². The zero-order chi connectivity index (χ0) is 43.8. The standard InChI is InChI=1S/C47H68N6O8/c1-33(2)26-40(48-44(56)37(17-16-35-12-8-6-9-13-35)29-39(54)31-52-18-22-59-23-19-52)42(55)30-38(28-36-14-10-7-11-15-36)45(57)49-41(27-34(3)4)43(47(5)32-61-47)50-51-46(58)53-20-24-60-25-21-53/h6-15,33-34,37-38,40-41H,16-32H2,1-5H3,(H,48,56)(H,49,57)(H,51,58)/b50-43-/t37-,38-,40+,41+,47-/m1/s1. The molecule has 0 aliphatic carbocycles. The van der Waals surface area contributed by atoms with Crippen LogP contribution < -0.4 is 16.1 Å². The summed E-state index contributed by atoms with van der Waals surface area (Å²) in [6, 6.07) is 17.6. The molecule has 334 valence electrons. The van der Waals surface area contributed by atoms with Gasteiger partial charge in [0.2, 0.25) is 11.8 Å². The maximum Gasteiger partial charge on any atom is 0.337 e. The number of nitrogens with zero attached hydrogens (tertiary/aromatic N) is 3. The first-order valence-corrected chi connectivity index (χ1v) is 22.2. The number of rotatable bonds is 23. The Morgan fingerprint density at radius 1 is 0.721 bits per heavy atom. The Morgan fingerprint density at radius 3 is 1.85 bits per heavy atom. The molecule has 0 radical (unpaired) electrons. The minimum Gasteiger partial charge on any atom is -0.379 e. The molecule has 0 unspecified atom stereocenters. The number of hydrogen-bond donors (Lipinski definition) is 3. The SMILES string of the molecule is CC(C)C[C@H](NC(=O)[C@H](CCc1ccccc1)CC(=O)CN1CCOCC1)C(=O)C[C@@H](Cc1ccccc1)C(=O)N[C@@H](CC(C)C)/C(=N/NC(=O)N1CCOCC1)[C@@]1(C)CO1. The number of hydrazone groups is 1. The van der Waals surface area contributed by atoms with E-state index in [0.717, 1.165) is 11.1 Å². The summed E-state index contributed by atoms with van der Waals surface area (Å²) in [6.45, 7) is 14.9. The van der Waals surface area contributed by atoms with Crippen LogP contribution in [0.15, 0.2) is 65.8 Å². The molecule has 3 heterocycles. The van der Waals surface area contributed by atoms with Gasteiger partial charge in [-0.25, -0.2) is 10.2 Å². The number of carbonyl (C=O) groups is 5. The molecule has 2 aromatic carbocycles. The largest absolute Gasteiger partial charge is 0.379 e. The molecule has 4 amide bonds. The lowest BCUT2D eigenvalue weighted by Gasteiger charge is -2.29. The molecular weight excluding hydrogens is 777 g/mol. The van der Waals surface area contributed by atoms with Crippen LogP contribution in [-0.2, 0) is 46.2 Å². The van der Waals surface area contributed by atoms with Crippen molar-refractivity contribution in [1.82, 2.24) is 25.9 Å². The highest BCUT2D eigenvalue weighted by Crippen LogP contribution is 2.31. The molecule has 3 saturated heterocycles. The molecule has 3 aliphatic rings. The summed E-state index contributed by atoms with van der Waals surface area (Å²) in [5.74, 6) is -2.14. The smallest absolute Gasteiger partial charge is 0.337 e. The Balaban J connectivity index is 1.35. The Bertz CT molecular complexity index is 1760. The molecule has 5 rings (SSSR count). The Labute approximate surface area is 361 Å². The molecule has 0 spiro atoms. The summed E-state index contributed by atoms with van der Waals surface area (Å²) >= 11 is 0. The quantitative estimate of drug-likeness (QED) is 0.0823. The number of nitrogens with one attached hydrogen (secondary N) is 3. The summed E-state index contributed by atoms with van der Waals surface area (Å²) in [7, 11) is 0. The highest BCUT2D eigenvalue weighted by Gasteiger charge is 2.49. The van der Waals surface area contributed by atoms with Crippen LogP contribution >= 0.6 is 0 Å². The van der Waals surface area contributed by atoms with Crippen LogP contribution in [0.4, 0.5) is 4.79 Å². The number of morpholine rings is 2. The van der Waals surface area contributed by atoms with Crippen LogP contribution in [0.3, 0.4) is 0 Å². The van der Waals surface area contributed by atoms with Gasteiger partial charge in [-0.3, -0.25) is 24.1 Å². The number of carbonyl (C=O) groups excluding carboxylic acids is 5. The van der Waals surface area contributed by atoms with Crippen LogP contribution in [0.1, 0.15) is 77.8 Å². The van der Waals surface area contributed by atoms with Gasteiger partial charge in [0.1, 0.15) is 11.4 Å². The van der Waals surface area contributed by atoms with E-state index < -0.39 is 29.5 Å². The fourth-order valence-electron chi connectivity index (χ4n) is 8.00. The van der Waals surface area contributed by atoms with E-state index in [-0.39, 0.29) is 60.6 Å². The van der Waals surface area contributed by atoms with E-state index in [0.29, 0.717) is 97.0 Å². The first-order chi connectivity index (χ1) is 29.3. The predicted molar refractivity (Wildman–Crippen MR) is 234 cm³/mol. The Hall–Kier alpha value is -4.50. The zero-order valence-electron chi connectivity index (χ0n) is 36.9. The van der Waals surface area contributed by atoms with Gasteiger partial charge in [0.05, 0.1) is 57.4 Å². The lowest BCUT2D eigenvalue weighted by Crippen LogP contribution is -2.51. The third kappa shape index (κ3) is 15.7. The maximum absolute atomic E-state index is 14.6. The number of epoxide rings is 1. The number of ketones is 2. The van der Waals surface area contributed by atoms with Crippen molar-refractivity contribution < 1.29 is 38.2 Å². The minimum absolute atomic E-state index is 0.0218. The van der Waals surface area contributed by atoms with Gasteiger partial charge in [0.15, 0.2) is 5.78 Å². The number of amides is 4. The van der Waals surface area contributed by atoms with E-state index in [1.807, 2.05) is 95.3 Å². The number of benzene rings is 2. The van der Waals surface area contributed by atoms with Gasteiger partial charge in [-0.05, 0) is 62.0 Å². The van der Waals surface area contributed by atoms with Crippen molar-refractivity contribution in [2.24, 2.45) is 28.8 Å². The lowest BCUT2D eigenvalue weighted by atomic mass is 9.87. The van der Waals surface area contributed by atoms with Crippen molar-refractivity contribution in [2.75, 3.05) is 65.8 Å². The van der Waals surface area contributed by atoms with Crippen LogP contribution in [0, 0.1) is 23.7 Å². The van der Waals surface area contributed by atoms with E-state index in [1.54, 1.807) is 4.90 Å². The van der Waals surface area contributed by atoms with Crippen molar-refractivity contribution >= 4 is 35.1 Å². The van der Waals surface area contributed by atoms with Crippen molar-refractivity contribution in [2.45, 2.75) is 97.2 Å². The highest BCUT2D eigenvalue weighted by molar-refractivity contribution is 6.02. The van der Waals surface area contributed by atoms with Gasteiger partial charge in [-0.15, -0.1) is 0 Å². The van der Waals surface area contributed by atoms with Gasteiger partial charge in [0, 0.05) is 50.9 Å². The lowest BCUT2D eigenvalue weighted by molar-refractivity contribution is -0.134. The maximum atomic E-state index is 14.6. The predicted octanol–water partition coefficient (Wildman–Crippen LogP) is 4.59. The zero-order valence-corrected chi connectivity index (χ0v) is 36.9. The van der Waals surface area contributed by atoms with Crippen molar-refractivity contribution in [3.63, 3.8) is 0 Å². The average Bonchev–Trinajstić information content (AvgIpc) is 3.99. The average molecular weight is 845 g/mol. The normalized spacial score (nSPS) is 20.4. The summed E-state index contributed by atoms with van der Waals surface area (Å²) in [4.78, 5) is 73.5. The van der Waals surface area contributed by atoms with Gasteiger partial charge in [-0.2, -0.15) is 5.10 Å². The van der Waals surface area contributed by atoms with E-state index in [2.05, 4.69) is 26.1 Å². The Morgan fingerprint density at radius 2 is 1.26 bits per heavy atom. The van der Waals surface area contributed by atoms with Gasteiger partial charge < -0.3 is 29.7 Å². The molecule has 0 bridgehead atoms. The molecular formula is C47H68N6O8. The topological polar surface area (TPSA) is 171 Å². The first-order valence-electron chi connectivity index (χ1n) is 22.2. The molecule has 3 N–H and O–H groups in total. The number of urea groups is 1. The molecule has 3 aliphatic heterocycles. The number of ether oxygens (including phenoxy) is 3. The van der Waals surface area contributed by atoms with Gasteiger partial charge >= 0.3 is 6.03 Å². The fraction of sp³-hybridized carbons (Fsp3) is 0.617. The van der Waals surface area contributed by atoms with Crippen LogP contribution in [0.2, 0.25) is 0 Å². The first kappa shape index (κ1) is 47.5. The minimum atomic E-state index is -0.857. The summed E-state index contributed by atoms with van der Waals surface area (Å²) in [5.41, 5.74) is 4.40. The second-order valence-corrected chi connectivity index (χ2v) is 17.8. The van der Waals surface area contributed by atoms with Crippen LogP contribution in [0.5, 0.6) is 0 Å². The third-order valence-electron chi connectivity index (χ3n) is 11.6. The second kappa shape index (κ2) is 23.6. The third-order valence-corrected chi connectivity index (χ3v) is 11.6. The van der Waals surface area contributed by atoms with Crippen molar-refractivity contribution in [3.8, 4) is 0 Å².